The van der Waals surface area contributed by atoms with E-state index in [-0.39, 0.29) is 23.5 Å². The molecule has 134 valence electrons. The Labute approximate surface area is 144 Å². The lowest BCUT2D eigenvalue weighted by atomic mass is 9.75. The van der Waals surface area contributed by atoms with Gasteiger partial charge in [0.2, 0.25) is 0 Å². The Morgan fingerprint density at radius 1 is 1.38 bits per heavy atom. The van der Waals surface area contributed by atoms with Crippen LogP contribution in [0.25, 0.3) is 0 Å². The van der Waals surface area contributed by atoms with E-state index in [0.717, 1.165) is 24.8 Å². The Kier molecular flexibility index (Phi) is 5.03. The topological polar surface area (TPSA) is 62.2 Å². The molecule has 0 aromatic rings. The highest BCUT2D eigenvalue weighted by atomic mass is 16.6. The van der Waals surface area contributed by atoms with Crippen molar-refractivity contribution in [3.05, 3.63) is 35.5 Å². The van der Waals surface area contributed by atoms with Crippen LogP contribution in [-0.4, -0.2) is 40.9 Å². The van der Waals surface area contributed by atoms with Crippen molar-refractivity contribution in [2.75, 3.05) is 6.61 Å². The van der Waals surface area contributed by atoms with Crippen molar-refractivity contribution >= 4 is 0 Å². The van der Waals surface area contributed by atoms with Gasteiger partial charge in [0.25, 0.3) is 0 Å². The Balaban J connectivity index is 1.81. The number of aliphatic hydroxyl groups is 2. The highest BCUT2D eigenvalue weighted by Crippen LogP contribution is 2.43. The van der Waals surface area contributed by atoms with Gasteiger partial charge < -0.3 is 19.7 Å². The van der Waals surface area contributed by atoms with Crippen molar-refractivity contribution in [2.45, 2.75) is 70.6 Å². The zero-order valence-electron chi connectivity index (χ0n) is 15.0. The molecule has 0 saturated carbocycles. The Morgan fingerprint density at radius 3 is 2.75 bits per heavy atom. The van der Waals surface area contributed by atoms with Crippen molar-refractivity contribution in [3.8, 4) is 0 Å². The number of rotatable bonds is 2. The minimum Gasteiger partial charge on any atom is -0.389 e. The van der Waals surface area contributed by atoms with E-state index in [1.54, 1.807) is 0 Å². The number of aliphatic hydroxyl groups excluding tert-OH is 2. The lowest BCUT2D eigenvalue weighted by Crippen LogP contribution is -2.39. The van der Waals surface area contributed by atoms with E-state index in [2.05, 4.69) is 33.4 Å². The van der Waals surface area contributed by atoms with Crippen molar-refractivity contribution in [1.82, 2.24) is 0 Å². The smallest absolute Gasteiger partial charge is 0.162 e. The molecule has 2 N–H and O–H groups in total. The predicted octanol–water partition coefficient (Wildman–Crippen LogP) is 3.11. The van der Waals surface area contributed by atoms with Crippen LogP contribution in [-0.2, 0) is 9.47 Å². The van der Waals surface area contributed by atoms with Gasteiger partial charge in [0, 0.05) is 5.92 Å². The van der Waals surface area contributed by atoms with E-state index >= 15 is 0 Å². The molecular weight excluding hydrogens is 304 g/mol. The molecule has 2 heterocycles. The van der Waals surface area contributed by atoms with Crippen LogP contribution in [0.5, 0.6) is 0 Å². The van der Waals surface area contributed by atoms with Crippen LogP contribution in [0.1, 0.15) is 46.5 Å². The third-order valence-corrected chi connectivity index (χ3v) is 5.67. The number of hydrogen-bond donors (Lipinski definition) is 2. The maximum atomic E-state index is 10.4. The van der Waals surface area contributed by atoms with Crippen molar-refractivity contribution in [1.29, 1.82) is 0 Å². The molecule has 4 nitrogen and oxygen atoms in total. The number of fused-ring (bicyclic) bond motifs is 1. The summed E-state index contributed by atoms with van der Waals surface area (Å²) in [6, 6.07) is 0. The van der Waals surface area contributed by atoms with Gasteiger partial charge in [-0.2, -0.15) is 0 Å². The molecule has 0 bridgehead atoms. The first-order valence-corrected chi connectivity index (χ1v) is 8.97. The molecule has 3 aliphatic rings. The van der Waals surface area contributed by atoms with Gasteiger partial charge in [-0.05, 0) is 57.9 Å². The summed E-state index contributed by atoms with van der Waals surface area (Å²) in [6.45, 7) is 10.9. The fourth-order valence-electron chi connectivity index (χ4n) is 4.06. The number of epoxide rings is 1. The highest BCUT2D eigenvalue weighted by molar-refractivity contribution is 5.23. The molecule has 5 atom stereocenters. The van der Waals surface area contributed by atoms with E-state index in [0.29, 0.717) is 13.0 Å². The fourth-order valence-corrected chi connectivity index (χ4v) is 4.06. The Hall–Kier alpha value is -0.940. The molecule has 3 rings (SSSR count). The van der Waals surface area contributed by atoms with Crippen LogP contribution in [0.3, 0.4) is 0 Å². The van der Waals surface area contributed by atoms with Crippen molar-refractivity contribution in [2.24, 2.45) is 11.8 Å². The van der Waals surface area contributed by atoms with Crippen LogP contribution >= 0.6 is 0 Å². The molecule has 0 aromatic heterocycles. The second-order valence-electron chi connectivity index (χ2n) is 8.04. The van der Waals surface area contributed by atoms with E-state index in [4.69, 9.17) is 9.47 Å². The maximum absolute atomic E-state index is 10.4. The molecular formula is C20H30O4. The fraction of sp³-hybridized carbons (Fsp3) is 0.700. The largest absolute Gasteiger partial charge is 0.389 e. The molecule has 2 saturated heterocycles. The monoisotopic (exact) mass is 334 g/mol. The second kappa shape index (κ2) is 6.75. The summed E-state index contributed by atoms with van der Waals surface area (Å²) in [6.07, 6.45) is 6.29. The molecule has 2 fully saturated rings. The average Bonchev–Trinajstić information content (AvgIpc) is 3.08. The van der Waals surface area contributed by atoms with Gasteiger partial charge in [-0.25, -0.2) is 0 Å². The maximum Gasteiger partial charge on any atom is 0.162 e. The van der Waals surface area contributed by atoms with Crippen LogP contribution in [0.15, 0.2) is 35.5 Å². The Morgan fingerprint density at radius 2 is 2.08 bits per heavy atom. The summed E-state index contributed by atoms with van der Waals surface area (Å²) in [4.78, 5) is 0. The zero-order chi connectivity index (χ0) is 17.5. The number of allylic oxidation sites excluding steroid dienone is 1. The summed E-state index contributed by atoms with van der Waals surface area (Å²) in [5.41, 5.74) is 3.29. The van der Waals surface area contributed by atoms with Crippen LogP contribution < -0.4 is 0 Å². The normalized spacial score (nSPS) is 43.2. The molecule has 24 heavy (non-hydrogen) atoms. The SMILES string of the molecule is C=C1C[C@@H](O)/C=C(\C)CC[C@@H]2/C(=C\CC3OC3(C)C)CO[C@H](O)[C@@H]12. The van der Waals surface area contributed by atoms with E-state index in [9.17, 15) is 10.2 Å². The lowest BCUT2D eigenvalue weighted by Gasteiger charge is -2.39. The van der Waals surface area contributed by atoms with E-state index in [1.807, 2.05) is 6.08 Å². The number of hydrogen-bond acceptors (Lipinski definition) is 4. The Bertz CT molecular complexity index is 560. The van der Waals surface area contributed by atoms with Gasteiger partial charge in [0.15, 0.2) is 6.29 Å². The second-order valence-corrected chi connectivity index (χ2v) is 8.04. The van der Waals surface area contributed by atoms with Gasteiger partial charge in [-0.15, -0.1) is 0 Å². The first-order valence-electron chi connectivity index (χ1n) is 8.97. The molecule has 1 aliphatic carbocycles. The summed E-state index contributed by atoms with van der Waals surface area (Å²) in [5.74, 6) is 0.0730. The summed E-state index contributed by atoms with van der Waals surface area (Å²) in [7, 11) is 0. The van der Waals surface area contributed by atoms with Crippen LogP contribution in [0.4, 0.5) is 0 Å². The molecule has 0 spiro atoms. The van der Waals surface area contributed by atoms with E-state index in [1.165, 1.54) is 11.1 Å². The van der Waals surface area contributed by atoms with Crippen molar-refractivity contribution < 1.29 is 19.7 Å². The van der Waals surface area contributed by atoms with Crippen LogP contribution in [0.2, 0.25) is 0 Å². The average molecular weight is 334 g/mol. The van der Waals surface area contributed by atoms with Gasteiger partial charge in [-0.3, -0.25) is 0 Å². The zero-order valence-corrected chi connectivity index (χ0v) is 15.0. The van der Waals surface area contributed by atoms with Gasteiger partial charge in [-0.1, -0.05) is 29.9 Å². The van der Waals surface area contributed by atoms with Gasteiger partial charge in [0.1, 0.15) is 0 Å². The lowest BCUT2D eigenvalue weighted by molar-refractivity contribution is -0.149. The van der Waals surface area contributed by atoms with E-state index < -0.39 is 12.4 Å². The molecule has 1 unspecified atom stereocenters. The summed E-state index contributed by atoms with van der Waals surface area (Å²) >= 11 is 0. The summed E-state index contributed by atoms with van der Waals surface area (Å²) in [5, 5.41) is 20.6. The third-order valence-electron chi connectivity index (χ3n) is 5.67. The minimum absolute atomic E-state index is 0.0169. The highest BCUT2D eigenvalue weighted by Gasteiger charge is 2.47. The summed E-state index contributed by atoms with van der Waals surface area (Å²) < 4.78 is 11.3. The molecule has 2 aliphatic heterocycles. The first-order chi connectivity index (χ1) is 11.3. The molecule has 4 heteroatoms. The third kappa shape index (κ3) is 3.83. The standard InChI is InChI=1S/C20H30O4/c1-12-5-7-16-14(6-8-17-20(3,4)24-17)11-23-19(22)18(16)13(2)10-15(21)9-12/h6,9,15-19,21-22H,2,5,7-8,10-11H2,1,3-4H3/b12-9+,14-6-/t15-,16+,17?,18-,19-/m0/s1. The number of ether oxygens (including phenoxy) is 2. The molecule has 0 aromatic carbocycles. The quantitative estimate of drug-likeness (QED) is 0.602. The van der Waals surface area contributed by atoms with Gasteiger partial charge in [0.05, 0.1) is 24.4 Å². The first kappa shape index (κ1) is 17.9. The molecule has 0 radical (unpaired) electrons. The molecule has 0 amide bonds. The van der Waals surface area contributed by atoms with Gasteiger partial charge >= 0.3 is 0 Å². The predicted molar refractivity (Wildman–Crippen MR) is 93.3 cm³/mol. The van der Waals surface area contributed by atoms with Crippen molar-refractivity contribution in [3.63, 3.8) is 0 Å². The minimum atomic E-state index is -0.834. The van der Waals surface area contributed by atoms with Crippen LogP contribution in [0, 0.1) is 11.8 Å².